The number of nitrogens with zero attached hydrogens (tertiary/aromatic N) is 4. The van der Waals surface area contributed by atoms with Crippen molar-refractivity contribution in [3.63, 3.8) is 0 Å². The largest absolute Gasteiger partial charge is 0.379 e. The molecular formula is C22H25BrN4O4S2. The van der Waals surface area contributed by atoms with Crippen LogP contribution in [0.3, 0.4) is 0 Å². The number of carbonyl (C=O) groups excluding carboxylic acids is 1. The summed E-state index contributed by atoms with van der Waals surface area (Å²) in [6.45, 7) is 2.55. The third-order valence-electron chi connectivity index (χ3n) is 5.30. The van der Waals surface area contributed by atoms with Crippen molar-refractivity contribution in [2.45, 2.75) is 4.90 Å². The molecule has 0 spiro atoms. The van der Waals surface area contributed by atoms with Gasteiger partial charge < -0.3 is 9.64 Å². The molecule has 176 valence electrons. The molecule has 0 atom stereocenters. The molecule has 2 heterocycles. The van der Waals surface area contributed by atoms with E-state index in [0.717, 1.165) is 14.7 Å². The molecule has 1 aliphatic rings. The molecule has 1 amide bonds. The number of amides is 1. The summed E-state index contributed by atoms with van der Waals surface area (Å²) in [6.07, 6.45) is 0. The van der Waals surface area contributed by atoms with E-state index in [9.17, 15) is 13.2 Å². The van der Waals surface area contributed by atoms with Gasteiger partial charge in [-0.15, -0.1) is 0 Å². The van der Waals surface area contributed by atoms with Crippen molar-refractivity contribution in [3.8, 4) is 0 Å². The van der Waals surface area contributed by atoms with Gasteiger partial charge in [0.05, 0.1) is 28.3 Å². The summed E-state index contributed by atoms with van der Waals surface area (Å²) in [5, 5.41) is 0.611. The minimum absolute atomic E-state index is 0.172. The second-order valence-electron chi connectivity index (χ2n) is 7.91. The number of ether oxygens (including phenoxy) is 1. The van der Waals surface area contributed by atoms with Crippen LogP contribution >= 0.6 is 27.3 Å². The maximum Gasteiger partial charge on any atom is 0.260 e. The number of morpholine rings is 1. The number of sulfonamides is 1. The fourth-order valence-corrected chi connectivity index (χ4v) is 6.40. The molecule has 0 aliphatic carbocycles. The van der Waals surface area contributed by atoms with Gasteiger partial charge in [-0.25, -0.2) is 13.4 Å². The zero-order valence-electron chi connectivity index (χ0n) is 18.4. The van der Waals surface area contributed by atoms with Crippen LogP contribution in [0.2, 0.25) is 0 Å². The molecule has 0 N–H and O–H groups in total. The van der Waals surface area contributed by atoms with Gasteiger partial charge in [0.25, 0.3) is 5.91 Å². The summed E-state index contributed by atoms with van der Waals surface area (Å²) in [5.41, 5.74) is 1.24. The summed E-state index contributed by atoms with van der Waals surface area (Å²) in [7, 11) is 0.283. The molecule has 1 saturated heterocycles. The van der Waals surface area contributed by atoms with Crippen molar-refractivity contribution in [1.82, 2.24) is 14.2 Å². The monoisotopic (exact) mass is 552 g/mol. The van der Waals surface area contributed by atoms with Crippen LogP contribution in [0.25, 0.3) is 10.2 Å². The summed E-state index contributed by atoms with van der Waals surface area (Å²) in [6, 6.07) is 12.0. The van der Waals surface area contributed by atoms with E-state index in [1.165, 1.54) is 27.8 Å². The van der Waals surface area contributed by atoms with Crippen molar-refractivity contribution in [2.75, 3.05) is 58.4 Å². The van der Waals surface area contributed by atoms with Gasteiger partial charge in [0.2, 0.25) is 10.0 Å². The SMILES string of the molecule is CN(C)CCN(C(=O)c1ccc(S(=O)(=O)N2CCOCC2)cc1)c1nc2ccc(Br)cc2s1. The minimum Gasteiger partial charge on any atom is -0.379 e. The lowest BCUT2D eigenvalue weighted by Gasteiger charge is -2.26. The zero-order valence-corrected chi connectivity index (χ0v) is 21.6. The number of likely N-dealkylation sites (N-methyl/N-ethyl adjacent to an activating group) is 1. The van der Waals surface area contributed by atoms with Gasteiger partial charge in [-0.2, -0.15) is 4.31 Å². The normalized spacial score (nSPS) is 15.3. The highest BCUT2D eigenvalue weighted by Gasteiger charge is 2.27. The van der Waals surface area contributed by atoms with Crippen LogP contribution in [0.1, 0.15) is 10.4 Å². The summed E-state index contributed by atoms with van der Waals surface area (Å²) < 4.78 is 34.4. The molecule has 0 radical (unpaired) electrons. The van der Waals surface area contributed by atoms with Crippen LogP contribution in [-0.2, 0) is 14.8 Å². The summed E-state index contributed by atoms with van der Waals surface area (Å²) in [5.74, 6) is -0.217. The number of hydrogen-bond acceptors (Lipinski definition) is 7. The highest BCUT2D eigenvalue weighted by atomic mass is 79.9. The van der Waals surface area contributed by atoms with Gasteiger partial charge in [0.15, 0.2) is 5.13 Å². The van der Waals surface area contributed by atoms with Crippen molar-refractivity contribution in [2.24, 2.45) is 0 Å². The number of fused-ring (bicyclic) bond motifs is 1. The fraction of sp³-hybridized carbons (Fsp3) is 0.364. The molecule has 0 saturated carbocycles. The van der Waals surface area contributed by atoms with Crippen LogP contribution in [0.5, 0.6) is 0 Å². The van der Waals surface area contributed by atoms with Gasteiger partial charge in [0, 0.05) is 36.2 Å². The topological polar surface area (TPSA) is 83.1 Å². The average Bonchev–Trinajstić information content (AvgIpc) is 3.22. The Labute approximate surface area is 205 Å². The van der Waals surface area contributed by atoms with E-state index in [1.54, 1.807) is 17.0 Å². The molecule has 1 aliphatic heterocycles. The Bertz CT molecular complexity index is 1240. The Hall–Kier alpha value is -1.89. The lowest BCUT2D eigenvalue weighted by molar-refractivity contribution is 0.0730. The van der Waals surface area contributed by atoms with Gasteiger partial charge in [-0.1, -0.05) is 27.3 Å². The van der Waals surface area contributed by atoms with Gasteiger partial charge >= 0.3 is 0 Å². The number of rotatable bonds is 7. The van der Waals surface area contributed by atoms with E-state index in [4.69, 9.17) is 4.74 Å². The molecule has 1 fully saturated rings. The molecule has 0 bridgehead atoms. The zero-order chi connectivity index (χ0) is 23.6. The smallest absolute Gasteiger partial charge is 0.260 e. The predicted molar refractivity (Wildman–Crippen MR) is 134 cm³/mol. The predicted octanol–water partition coefficient (Wildman–Crippen LogP) is 3.29. The van der Waals surface area contributed by atoms with Crippen LogP contribution in [-0.4, -0.2) is 82.0 Å². The first-order chi connectivity index (χ1) is 15.8. The Kier molecular flexibility index (Phi) is 7.46. The Balaban J connectivity index is 1.61. The third kappa shape index (κ3) is 5.44. The molecule has 4 rings (SSSR count). The van der Waals surface area contributed by atoms with Crippen molar-refractivity contribution in [1.29, 1.82) is 0 Å². The first-order valence-corrected chi connectivity index (χ1v) is 13.5. The van der Waals surface area contributed by atoms with E-state index >= 15 is 0 Å². The lowest BCUT2D eigenvalue weighted by Crippen LogP contribution is -2.40. The summed E-state index contributed by atoms with van der Waals surface area (Å²) >= 11 is 4.93. The molecule has 8 nitrogen and oxygen atoms in total. The second kappa shape index (κ2) is 10.2. The molecule has 33 heavy (non-hydrogen) atoms. The Morgan fingerprint density at radius 3 is 2.48 bits per heavy atom. The minimum atomic E-state index is -3.61. The van der Waals surface area contributed by atoms with E-state index < -0.39 is 10.0 Å². The summed E-state index contributed by atoms with van der Waals surface area (Å²) in [4.78, 5) is 22.0. The highest BCUT2D eigenvalue weighted by molar-refractivity contribution is 9.10. The second-order valence-corrected chi connectivity index (χ2v) is 11.8. The standard InChI is InChI=1S/C22H25BrN4O4S2/c1-25(2)9-10-27(22-24-19-8-5-17(23)15-20(19)32-22)21(28)16-3-6-18(7-4-16)33(29,30)26-11-13-31-14-12-26/h3-8,15H,9-14H2,1-2H3. The van der Waals surface area contributed by atoms with Gasteiger partial charge in [-0.3, -0.25) is 9.69 Å². The number of halogens is 1. The Morgan fingerprint density at radius 2 is 1.82 bits per heavy atom. The number of aromatic nitrogens is 1. The van der Waals surface area contributed by atoms with E-state index in [1.807, 2.05) is 37.2 Å². The molecule has 2 aromatic carbocycles. The quantitative estimate of drug-likeness (QED) is 0.447. The van der Waals surface area contributed by atoms with Crippen LogP contribution in [0.15, 0.2) is 51.8 Å². The first-order valence-electron chi connectivity index (χ1n) is 10.5. The van der Waals surface area contributed by atoms with Crippen LogP contribution < -0.4 is 4.90 Å². The molecule has 11 heteroatoms. The first kappa shape index (κ1) is 24.2. The number of thiazole rings is 1. The molecule has 3 aromatic rings. The molecule has 1 aromatic heterocycles. The van der Waals surface area contributed by atoms with E-state index in [-0.39, 0.29) is 10.8 Å². The molecule has 0 unspecified atom stereocenters. The fourth-order valence-electron chi connectivity index (χ4n) is 3.45. The Morgan fingerprint density at radius 1 is 1.12 bits per heavy atom. The number of benzene rings is 2. The molecular weight excluding hydrogens is 528 g/mol. The van der Waals surface area contributed by atoms with Gasteiger partial charge in [0.1, 0.15) is 0 Å². The maximum atomic E-state index is 13.5. The number of carbonyl (C=O) groups is 1. The highest BCUT2D eigenvalue weighted by Crippen LogP contribution is 2.31. The van der Waals surface area contributed by atoms with E-state index in [2.05, 4.69) is 20.9 Å². The van der Waals surface area contributed by atoms with Gasteiger partial charge in [-0.05, 0) is 56.6 Å². The van der Waals surface area contributed by atoms with Crippen LogP contribution in [0, 0.1) is 0 Å². The van der Waals surface area contributed by atoms with Crippen molar-refractivity contribution < 1.29 is 17.9 Å². The number of hydrogen-bond donors (Lipinski definition) is 0. The number of anilines is 1. The lowest BCUT2D eigenvalue weighted by atomic mass is 10.2. The van der Waals surface area contributed by atoms with Crippen molar-refractivity contribution in [3.05, 3.63) is 52.5 Å². The third-order valence-corrected chi connectivity index (χ3v) is 8.74. The van der Waals surface area contributed by atoms with Crippen molar-refractivity contribution >= 4 is 58.5 Å². The maximum absolute atomic E-state index is 13.5. The average molecular weight is 554 g/mol. The van der Waals surface area contributed by atoms with E-state index in [0.29, 0.717) is 50.1 Å². The van der Waals surface area contributed by atoms with Crippen LogP contribution in [0.4, 0.5) is 5.13 Å².